The SMILES string of the molecule is C[C@H]1COCCN1c1cc(CS(C)(=O)=O)nc(-c2ccc(NC(=O)N3CCC(N(C)C)CC3)cc2)n1. The van der Waals surface area contributed by atoms with Crippen LogP contribution in [0.25, 0.3) is 11.4 Å². The molecule has 0 bridgehead atoms. The maximum absolute atomic E-state index is 12.7. The zero-order valence-corrected chi connectivity index (χ0v) is 22.3. The Morgan fingerprint density at radius 3 is 2.44 bits per heavy atom. The molecule has 2 aromatic rings. The average Bonchev–Trinajstić information content (AvgIpc) is 2.83. The van der Waals surface area contributed by atoms with Gasteiger partial charge in [-0.15, -0.1) is 0 Å². The van der Waals surface area contributed by atoms with E-state index in [0.717, 1.165) is 31.5 Å². The molecule has 3 heterocycles. The van der Waals surface area contributed by atoms with Crippen LogP contribution in [0.15, 0.2) is 30.3 Å². The first kappa shape index (κ1) is 26.3. The second-order valence-electron chi connectivity index (χ2n) is 9.92. The number of amides is 2. The van der Waals surface area contributed by atoms with Gasteiger partial charge in [-0.05, 0) is 58.1 Å². The summed E-state index contributed by atoms with van der Waals surface area (Å²) in [5, 5.41) is 2.98. The third-order valence-corrected chi connectivity index (χ3v) is 7.53. The summed E-state index contributed by atoms with van der Waals surface area (Å²) >= 11 is 0. The van der Waals surface area contributed by atoms with Gasteiger partial charge in [0.15, 0.2) is 15.7 Å². The molecule has 0 unspecified atom stereocenters. The summed E-state index contributed by atoms with van der Waals surface area (Å²) < 4.78 is 29.5. The Kier molecular flexibility index (Phi) is 8.11. The first-order chi connectivity index (χ1) is 17.1. The maximum Gasteiger partial charge on any atom is 0.321 e. The van der Waals surface area contributed by atoms with Crippen LogP contribution in [0, 0.1) is 0 Å². The van der Waals surface area contributed by atoms with Gasteiger partial charge in [0, 0.05) is 49.2 Å². The highest BCUT2D eigenvalue weighted by Crippen LogP contribution is 2.25. The monoisotopic (exact) mass is 516 g/mol. The summed E-state index contributed by atoms with van der Waals surface area (Å²) in [6, 6.07) is 9.62. The summed E-state index contributed by atoms with van der Waals surface area (Å²) in [5.74, 6) is 0.980. The fourth-order valence-electron chi connectivity index (χ4n) is 4.66. The van der Waals surface area contributed by atoms with Gasteiger partial charge in [0.25, 0.3) is 0 Å². The van der Waals surface area contributed by atoms with Crippen molar-refractivity contribution in [1.29, 1.82) is 0 Å². The molecule has 196 valence electrons. The number of likely N-dealkylation sites (tertiary alicyclic amines) is 1. The Labute approximate surface area is 213 Å². The van der Waals surface area contributed by atoms with E-state index in [0.29, 0.717) is 48.8 Å². The lowest BCUT2D eigenvalue weighted by Gasteiger charge is -2.35. The molecule has 1 atom stereocenters. The van der Waals surface area contributed by atoms with E-state index in [1.165, 1.54) is 6.26 Å². The third kappa shape index (κ3) is 6.71. The van der Waals surface area contributed by atoms with E-state index >= 15 is 0 Å². The molecule has 10 nitrogen and oxygen atoms in total. The fraction of sp³-hybridized carbons (Fsp3) is 0.560. The molecule has 1 aromatic carbocycles. The number of hydrogen-bond acceptors (Lipinski definition) is 8. The smallest absolute Gasteiger partial charge is 0.321 e. The topological polar surface area (TPSA) is 108 Å². The number of piperidine rings is 1. The number of carbonyl (C=O) groups excluding carboxylic acids is 1. The van der Waals surface area contributed by atoms with Gasteiger partial charge in [0.05, 0.1) is 30.7 Å². The molecule has 2 saturated heterocycles. The number of rotatable bonds is 6. The minimum atomic E-state index is -3.26. The number of nitrogens with one attached hydrogen (secondary N) is 1. The minimum Gasteiger partial charge on any atom is -0.377 e. The van der Waals surface area contributed by atoms with Crippen molar-refractivity contribution in [2.45, 2.75) is 37.6 Å². The Balaban J connectivity index is 1.51. The molecule has 2 amide bonds. The van der Waals surface area contributed by atoms with Crippen LogP contribution in [-0.2, 0) is 20.3 Å². The van der Waals surface area contributed by atoms with Gasteiger partial charge in [0.2, 0.25) is 0 Å². The number of hydrogen-bond donors (Lipinski definition) is 1. The quantitative estimate of drug-likeness (QED) is 0.624. The number of nitrogens with zero attached hydrogens (tertiary/aromatic N) is 5. The lowest BCUT2D eigenvalue weighted by Crippen LogP contribution is -2.46. The van der Waals surface area contributed by atoms with Crippen molar-refractivity contribution in [3.05, 3.63) is 36.0 Å². The van der Waals surface area contributed by atoms with E-state index < -0.39 is 9.84 Å². The number of ether oxygens (including phenoxy) is 1. The van der Waals surface area contributed by atoms with Crippen molar-refractivity contribution in [3.8, 4) is 11.4 Å². The number of sulfone groups is 1. The van der Waals surface area contributed by atoms with Gasteiger partial charge in [0.1, 0.15) is 5.82 Å². The van der Waals surface area contributed by atoms with Gasteiger partial charge in [-0.2, -0.15) is 0 Å². The van der Waals surface area contributed by atoms with Gasteiger partial charge < -0.3 is 24.8 Å². The highest BCUT2D eigenvalue weighted by atomic mass is 32.2. The fourth-order valence-corrected chi connectivity index (χ4v) is 5.35. The molecule has 2 aliphatic heterocycles. The van der Waals surface area contributed by atoms with Crippen molar-refractivity contribution in [2.24, 2.45) is 0 Å². The van der Waals surface area contributed by atoms with E-state index in [4.69, 9.17) is 9.72 Å². The molecule has 36 heavy (non-hydrogen) atoms. The zero-order chi connectivity index (χ0) is 25.9. The minimum absolute atomic E-state index is 0.102. The summed E-state index contributed by atoms with van der Waals surface area (Å²) in [4.78, 5) is 28.2. The first-order valence-corrected chi connectivity index (χ1v) is 14.4. The third-order valence-electron chi connectivity index (χ3n) is 6.71. The Hall–Kier alpha value is -2.76. The number of urea groups is 1. The largest absolute Gasteiger partial charge is 0.377 e. The summed E-state index contributed by atoms with van der Waals surface area (Å²) in [7, 11) is 0.888. The van der Waals surface area contributed by atoms with Crippen LogP contribution >= 0.6 is 0 Å². The van der Waals surface area contributed by atoms with Crippen molar-refractivity contribution >= 4 is 27.4 Å². The van der Waals surface area contributed by atoms with E-state index in [1.807, 2.05) is 29.2 Å². The second kappa shape index (κ2) is 11.1. The van der Waals surface area contributed by atoms with E-state index in [1.54, 1.807) is 6.07 Å². The number of aromatic nitrogens is 2. The van der Waals surface area contributed by atoms with Crippen LogP contribution < -0.4 is 10.2 Å². The molecule has 0 radical (unpaired) electrons. The Morgan fingerprint density at radius 1 is 1.14 bits per heavy atom. The molecule has 0 saturated carbocycles. The summed E-state index contributed by atoms with van der Waals surface area (Å²) in [6.07, 6.45) is 3.13. The molecule has 0 aliphatic carbocycles. The van der Waals surface area contributed by atoms with E-state index in [-0.39, 0.29) is 17.8 Å². The van der Waals surface area contributed by atoms with Crippen LogP contribution in [0.3, 0.4) is 0 Å². The highest BCUT2D eigenvalue weighted by molar-refractivity contribution is 7.89. The molecular formula is C25H36N6O4S. The van der Waals surface area contributed by atoms with Gasteiger partial charge in [-0.25, -0.2) is 23.2 Å². The van der Waals surface area contributed by atoms with Gasteiger partial charge in [-0.1, -0.05) is 0 Å². The highest BCUT2D eigenvalue weighted by Gasteiger charge is 2.25. The summed E-state index contributed by atoms with van der Waals surface area (Å²) in [6.45, 7) is 5.37. The number of carbonyl (C=O) groups is 1. The van der Waals surface area contributed by atoms with E-state index in [9.17, 15) is 13.2 Å². The number of benzene rings is 1. The molecule has 0 spiro atoms. The number of anilines is 2. The lowest BCUT2D eigenvalue weighted by molar-refractivity contribution is 0.0985. The molecule has 1 N–H and O–H groups in total. The second-order valence-corrected chi connectivity index (χ2v) is 12.1. The predicted molar refractivity (Wildman–Crippen MR) is 141 cm³/mol. The zero-order valence-electron chi connectivity index (χ0n) is 21.5. The average molecular weight is 517 g/mol. The standard InChI is InChI=1S/C25H36N6O4S/c1-18-16-35-14-13-31(18)23-15-21(17-36(4,33)34)26-24(28-23)19-5-7-20(8-6-19)27-25(32)30-11-9-22(10-12-30)29(2)3/h5-8,15,18,22H,9-14,16-17H2,1-4H3,(H,27,32)/t18-/m0/s1. The Bertz CT molecular complexity index is 1160. The molecule has 11 heteroatoms. The van der Waals surface area contributed by atoms with Crippen molar-refractivity contribution < 1.29 is 17.9 Å². The molecule has 2 aliphatic rings. The van der Waals surface area contributed by atoms with Gasteiger partial charge >= 0.3 is 6.03 Å². The number of morpholine rings is 1. The Morgan fingerprint density at radius 2 is 1.83 bits per heavy atom. The lowest BCUT2D eigenvalue weighted by atomic mass is 10.0. The van der Waals surface area contributed by atoms with Gasteiger partial charge in [-0.3, -0.25) is 0 Å². The van der Waals surface area contributed by atoms with Crippen LogP contribution in [0.1, 0.15) is 25.5 Å². The van der Waals surface area contributed by atoms with Crippen molar-refractivity contribution in [2.75, 3.05) is 63.4 Å². The molecular weight excluding hydrogens is 480 g/mol. The summed E-state index contributed by atoms with van der Waals surface area (Å²) in [5.41, 5.74) is 1.89. The van der Waals surface area contributed by atoms with Crippen LogP contribution in [0.2, 0.25) is 0 Å². The maximum atomic E-state index is 12.7. The van der Waals surface area contributed by atoms with Crippen LogP contribution in [-0.4, -0.2) is 99.5 Å². The van der Waals surface area contributed by atoms with Crippen LogP contribution in [0.5, 0.6) is 0 Å². The first-order valence-electron chi connectivity index (χ1n) is 12.3. The van der Waals surface area contributed by atoms with Crippen molar-refractivity contribution in [1.82, 2.24) is 19.8 Å². The normalized spacial score (nSPS) is 19.5. The van der Waals surface area contributed by atoms with Crippen LogP contribution in [0.4, 0.5) is 16.3 Å². The van der Waals surface area contributed by atoms with Crippen molar-refractivity contribution in [3.63, 3.8) is 0 Å². The van der Waals surface area contributed by atoms with E-state index in [2.05, 4.69) is 41.1 Å². The predicted octanol–water partition coefficient (Wildman–Crippen LogP) is 2.47. The molecule has 1 aromatic heterocycles. The molecule has 2 fully saturated rings. The molecule has 4 rings (SSSR count).